The van der Waals surface area contributed by atoms with E-state index in [1.807, 2.05) is 16.9 Å². The summed E-state index contributed by atoms with van der Waals surface area (Å²) in [4.78, 5) is 4.21. The molecule has 2 rings (SSSR count). The lowest BCUT2D eigenvalue weighted by Gasteiger charge is -2.13. The van der Waals surface area contributed by atoms with Gasteiger partial charge < -0.3 is 20.1 Å². The van der Waals surface area contributed by atoms with Crippen LogP contribution in [-0.2, 0) is 16.0 Å². The van der Waals surface area contributed by atoms with Crippen LogP contribution in [0, 0.1) is 0 Å². The Kier molecular flexibility index (Phi) is 11.0. The van der Waals surface area contributed by atoms with Gasteiger partial charge in [0.2, 0.25) is 0 Å². The maximum atomic E-state index is 5.72. The fraction of sp³-hybridized carbons (Fsp3) is 0.733. The van der Waals surface area contributed by atoms with Crippen molar-refractivity contribution in [3.05, 3.63) is 18.5 Å². The fourth-order valence-corrected chi connectivity index (χ4v) is 2.27. The molecule has 0 saturated carbocycles. The van der Waals surface area contributed by atoms with E-state index < -0.39 is 0 Å². The Labute approximate surface area is 155 Å². The molecular formula is C15H28IN5O2. The molecule has 0 aliphatic carbocycles. The third-order valence-electron chi connectivity index (χ3n) is 3.49. The van der Waals surface area contributed by atoms with E-state index in [1.54, 1.807) is 13.2 Å². The second-order valence-corrected chi connectivity index (χ2v) is 5.26. The topological polar surface area (TPSA) is 72.7 Å². The van der Waals surface area contributed by atoms with Crippen molar-refractivity contribution in [3.63, 3.8) is 0 Å². The summed E-state index contributed by atoms with van der Waals surface area (Å²) in [5.74, 6) is 0.838. The van der Waals surface area contributed by atoms with Gasteiger partial charge in [-0.1, -0.05) is 0 Å². The van der Waals surface area contributed by atoms with Gasteiger partial charge in [-0.05, 0) is 25.3 Å². The molecule has 8 heteroatoms. The maximum absolute atomic E-state index is 5.72. The molecule has 23 heavy (non-hydrogen) atoms. The summed E-state index contributed by atoms with van der Waals surface area (Å²) in [5.41, 5.74) is 0. The van der Waals surface area contributed by atoms with E-state index in [0.717, 1.165) is 64.7 Å². The normalized spacial score (nSPS) is 17.8. The first-order valence-corrected chi connectivity index (χ1v) is 8.00. The highest BCUT2D eigenvalue weighted by Gasteiger charge is 2.15. The summed E-state index contributed by atoms with van der Waals surface area (Å²) < 4.78 is 12.9. The average molecular weight is 437 g/mol. The van der Waals surface area contributed by atoms with Crippen LogP contribution in [0.5, 0.6) is 0 Å². The zero-order valence-electron chi connectivity index (χ0n) is 13.7. The molecule has 1 aromatic rings. The first kappa shape index (κ1) is 20.2. The fourth-order valence-electron chi connectivity index (χ4n) is 2.27. The molecule has 1 fully saturated rings. The van der Waals surface area contributed by atoms with Crippen LogP contribution in [0.4, 0.5) is 0 Å². The molecule has 2 heterocycles. The van der Waals surface area contributed by atoms with Crippen molar-refractivity contribution >= 4 is 29.9 Å². The molecule has 0 radical (unpaired) electrons. The van der Waals surface area contributed by atoms with Gasteiger partial charge in [-0.15, -0.1) is 24.0 Å². The number of hydrogen-bond donors (Lipinski definition) is 2. The molecule has 2 N–H and O–H groups in total. The van der Waals surface area contributed by atoms with E-state index >= 15 is 0 Å². The van der Waals surface area contributed by atoms with Crippen LogP contribution >= 0.6 is 24.0 Å². The second kappa shape index (κ2) is 12.5. The van der Waals surface area contributed by atoms with Crippen molar-refractivity contribution in [2.45, 2.75) is 31.9 Å². The highest BCUT2D eigenvalue weighted by atomic mass is 127. The molecule has 1 aromatic heterocycles. The number of nitrogens with one attached hydrogen (secondary N) is 2. The van der Waals surface area contributed by atoms with E-state index in [9.17, 15) is 0 Å². The van der Waals surface area contributed by atoms with Gasteiger partial charge in [-0.2, -0.15) is 5.10 Å². The van der Waals surface area contributed by atoms with Gasteiger partial charge in [-0.3, -0.25) is 9.67 Å². The average Bonchev–Trinajstić information content (AvgIpc) is 3.22. The van der Waals surface area contributed by atoms with E-state index in [-0.39, 0.29) is 24.0 Å². The van der Waals surface area contributed by atoms with Gasteiger partial charge >= 0.3 is 0 Å². The number of hydrogen-bond acceptors (Lipinski definition) is 4. The van der Waals surface area contributed by atoms with Crippen molar-refractivity contribution in [1.29, 1.82) is 0 Å². The predicted octanol–water partition coefficient (Wildman–Crippen LogP) is 1.25. The number of aliphatic imine (C=N–C) groups is 1. The Bertz CT molecular complexity index is 422. The first-order valence-electron chi connectivity index (χ1n) is 8.00. The molecule has 0 spiro atoms. The Morgan fingerprint density at radius 3 is 2.87 bits per heavy atom. The van der Waals surface area contributed by atoms with Crippen LogP contribution in [0.1, 0.15) is 19.3 Å². The van der Waals surface area contributed by atoms with Gasteiger partial charge in [0.15, 0.2) is 5.96 Å². The summed E-state index contributed by atoms with van der Waals surface area (Å²) >= 11 is 0. The minimum Gasteiger partial charge on any atom is -0.379 e. The molecule has 1 atom stereocenters. The van der Waals surface area contributed by atoms with Gasteiger partial charge in [0.05, 0.1) is 12.7 Å². The molecule has 1 unspecified atom stereocenters. The number of aryl methyl sites for hydroxylation is 1. The van der Waals surface area contributed by atoms with E-state index in [4.69, 9.17) is 9.47 Å². The van der Waals surface area contributed by atoms with Gasteiger partial charge in [-0.25, -0.2) is 0 Å². The second-order valence-electron chi connectivity index (χ2n) is 5.26. The minimum atomic E-state index is 0. The quantitative estimate of drug-likeness (QED) is 0.263. The van der Waals surface area contributed by atoms with E-state index in [0.29, 0.717) is 6.10 Å². The number of guanidine groups is 1. The summed E-state index contributed by atoms with van der Waals surface area (Å²) in [6.45, 7) is 4.97. The van der Waals surface area contributed by atoms with Crippen LogP contribution in [0.2, 0.25) is 0 Å². The molecule has 0 aromatic carbocycles. The van der Waals surface area contributed by atoms with Gasteiger partial charge in [0.25, 0.3) is 0 Å². The molecule has 7 nitrogen and oxygen atoms in total. The Hall–Kier alpha value is -0.870. The highest BCUT2D eigenvalue weighted by molar-refractivity contribution is 14.0. The molecule has 1 saturated heterocycles. The molecule has 0 bridgehead atoms. The largest absolute Gasteiger partial charge is 0.379 e. The van der Waals surface area contributed by atoms with E-state index in [2.05, 4.69) is 20.7 Å². The number of aromatic nitrogens is 2. The van der Waals surface area contributed by atoms with Crippen LogP contribution in [0.15, 0.2) is 23.5 Å². The lowest BCUT2D eigenvalue weighted by molar-refractivity contribution is 0.0420. The SMILES string of the molecule is CN=C(NCCCOC1CCOC1)NCCCn1cccn1.I. The molecule has 1 aliphatic heterocycles. The molecule has 132 valence electrons. The number of nitrogens with zero attached hydrogens (tertiary/aromatic N) is 3. The third kappa shape index (κ3) is 8.52. The van der Waals surface area contributed by atoms with Crippen molar-refractivity contribution in [2.75, 3.05) is 40.0 Å². The van der Waals surface area contributed by atoms with Crippen LogP contribution in [0.3, 0.4) is 0 Å². The van der Waals surface area contributed by atoms with Crippen LogP contribution < -0.4 is 10.6 Å². The van der Waals surface area contributed by atoms with Crippen LogP contribution in [-0.4, -0.2) is 61.8 Å². The number of ether oxygens (including phenoxy) is 2. The molecule has 1 aliphatic rings. The standard InChI is InChI=1S/C15H27N5O2.HI/c1-16-15(17-6-2-9-20-10-3-8-19-20)18-7-4-11-22-14-5-12-21-13-14;/h3,8,10,14H,2,4-7,9,11-13H2,1H3,(H2,16,17,18);1H. The summed E-state index contributed by atoms with van der Waals surface area (Å²) in [6, 6.07) is 1.94. The number of rotatable bonds is 9. The Morgan fingerprint density at radius 2 is 2.22 bits per heavy atom. The zero-order chi connectivity index (χ0) is 15.5. The summed E-state index contributed by atoms with van der Waals surface area (Å²) in [6.07, 6.45) is 7.06. The first-order chi connectivity index (χ1) is 10.9. The Balaban J connectivity index is 0.00000264. The van der Waals surface area contributed by atoms with Crippen molar-refractivity contribution in [2.24, 2.45) is 4.99 Å². The third-order valence-corrected chi connectivity index (χ3v) is 3.49. The van der Waals surface area contributed by atoms with Gasteiger partial charge in [0.1, 0.15) is 0 Å². The van der Waals surface area contributed by atoms with E-state index in [1.165, 1.54) is 0 Å². The Morgan fingerprint density at radius 1 is 1.39 bits per heavy atom. The smallest absolute Gasteiger partial charge is 0.190 e. The maximum Gasteiger partial charge on any atom is 0.190 e. The number of halogens is 1. The highest BCUT2D eigenvalue weighted by Crippen LogP contribution is 2.07. The zero-order valence-corrected chi connectivity index (χ0v) is 16.1. The van der Waals surface area contributed by atoms with Crippen molar-refractivity contribution in [3.8, 4) is 0 Å². The molecular weight excluding hydrogens is 409 g/mol. The predicted molar refractivity (Wildman–Crippen MR) is 101 cm³/mol. The summed E-state index contributed by atoms with van der Waals surface area (Å²) in [7, 11) is 1.79. The molecule has 0 amide bonds. The monoisotopic (exact) mass is 437 g/mol. The van der Waals surface area contributed by atoms with Gasteiger partial charge in [0, 0.05) is 52.3 Å². The van der Waals surface area contributed by atoms with Crippen LogP contribution in [0.25, 0.3) is 0 Å². The van der Waals surface area contributed by atoms with Crippen molar-refractivity contribution in [1.82, 2.24) is 20.4 Å². The van der Waals surface area contributed by atoms with Crippen molar-refractivity contribution < 1.29 is 9.47 Å². The minimum absolute atomic E-state index is 0. The summed E-state index contributed by atoms with van der Waals surface area (Å²) in [5, 5.41) is 10.8. The lowest BCUT2D eigenvalue weighted by atomic mass is 10.3. The lowest BCUT2D eigenvalue weighted by Crippen LogP contribution is -2.38.